The second-order valence-corrected chi connectivity index (χ2v) is 8.59. The van der Waals surface area contributed by atoms with E-state index in [9.17, 15) is 23.6 Å². The number of ether oxygens (including phenoxy) is 2. The number of nitrogens with zero attached hydrogens (tertiary/aromatic N) is 2. The Bertz CT molecular complexity index is 746. The third-order valence-corrected chi connectivity index (χ3v) is 6.94. The zero-order valence-corrected chi connectivity index (χ0v) is 15.2. The van der Waals surface area contributed by atoms with E-state index in [-0.39, 0.29) is 22.8 Å². The van der Waals surface area contributed by atoms with Gasteiger partial charge in [0, 0.05) is 25.1 Å². The highest BCUT2D eigenvalue weighted by molar-refractivity contribution is 7.89. The molecule has 1 N–H and O–H groups in total. The second kappa shape index (κ2) is 7.57. The molecular formula is C16H22N2O7S. The Balaban J connectivity index is 1.78. The largest absolute Gasteiger partial charge is 0.391 e. The van der Waals surface area contributed by atoms with Gasteiger partial charge >= 0.3 is 0 Å². The van der Waals surface area contributed by atoms with Crippen LogP contribution in [0.4, 0.5) is 5.69 Å². The summed E-state index contributed by atoms with van der Waals surface area (Å²) in [6.45, 7) is 1.04. The van der Waals surface area contributed by atoms with Gasteiger partial charge in [0.1, 0.15) is 0 Å². The van der Waals surface area contributed by atoms with Gasteiger partial charge in [0.2, 0.25) is 10.0 Å². The van der Waals surface area contributed by atoms with Crippen molar-refractivity contribution in [2.24, 2.45) is 5.92 Å². The summed E-state index contributed by atoms with van der Waals surface area (Å²) in [7, 11) is -2.47. The topological polar surface area (TPSA) is 119 Å². The molecule has 144 valence electrons. The van der Waals surface area contributed by atoms with E-state index in [2.05, 4.69) is 0 Å². The fourth-order valence-corrected chi connectivity index (χ4v) is 4.93. The van der Waals surface area contributed by atoms with Gasteiger partial charge in [-0.1, -0.05) is 0 Å². The smallest absolute Gasteiger partial charge is 0.269 e. The average molecular weight is 386 g/mol. The molecule has 1 aliphatic carbocycles. The molecule has 1 saturated carbocycles. The Hall–Kier alpha value is -1.59. The predicted octanol–water partition coefficient (Wildman–Crippen LogP) is 1.12. The van der Waals surface area contributed by atoms with Crippen molar-refractivity contribution in [1.29, 1.82) is 0 Å². The van der Waals surface area contributed by atoms with Gasteiger partial charge in [-0.15, -0.1) is 0 Å². The number of sulfonamides is 1. The molecule has 0 spiro atoms. The molecule has 1 aliphatic heterocycles. The van der Waals surface area contributed by atoms with Gasteiger partial charge in [-0.2, -0.15) is 4.31 Å². The Morgan fingerprint density at radius 2 is 1.81 bits per heavy atom. The highest BCUT2D eigenvalue weighted by Crippen LogP contribution is 2.34. The van der Waals surface area contributed by atoms with E-state index in [4.69, 9.17) is 9.47 Å². The maximum atomic E-state index is 12.9. The number of non-ortho nitro benzene ring substituents is 1. The lowest BCUT2D eigenvalue weighted by atomic mass is 9.83. The van der Waals surface area contributed by atoms with Gasteiger partial charge in [-0.3, -0.25) is 10.1 Å². The van der Waals surface area contributed by atoms with Crippen molar-refractivity contribution in [2.75, 3.05) is 20.3 Å². The number of hydrogen-bond donors (Lipinski definition) is 1. The molecule has 0 radical (unpaired) electrons. The van der Waals surface area contributed by atoms with Crippen LogP contribution in [0.1, 0.15) is 19.3 Å². The summed E-state index contributed by atoms with van der Waals surface area (Å²) in [5.74, 6) is 0.0143. The van der Waals surface area contributed by atoms with Crippen LogP contribution in [0.5, 0.6) is 0 Å². The molecule has 0 aromatic heterocycles. The molecular weight excluding hydrogens is 364 g/mol. The lowest BCUT2D eigenvalue weighted by Crippen LogP contribution is -2.49. The van der Waals surface area contributed by atoms with Gasteiger partial charge < -0.3 is 14.6 Å². The van der Waals surface area contributed by atoms with Crippen LogP contribution >= 0.6 is 0 Å². The molecule has 0 bridgehead atoms. The van der Waals surface area contributed by atoms with Crippen LogP contribution in [-0.4, -0.2) is 61.5 Å². The summed E-state index contributed by atoms with van der Waals surface area (Å²) in [5.41, 5.74) is -0.181. The van der Waals surface area contributed by atoms with E-state index in [1.165, 1.54) is 19.2 Å². The molecule has 1 aromatic carbocycles. The SMILES string of the molecule is CN([C@@H]1C[C@@H](C2OCCO2)CC[C@H]1O)S(=O)(=O)c1ccc([N+](=O)[O-])cc1. The van der Waals surface area contributed by atoms with E-state index in [1.807, 2.05) is 0 Å². The van der Waals surface area contributed by atoms with Crippen LogP contribution < -0.4 is 0 Å². The number of rotatable bonds is 5. The number of nitro groups is 1. The number of nitro benzene ring substituents is 1. The van der Waals surface area contributed by atoms with E-state index < -0.39 is 27.1 Å². The molecule has 3 rings (SSSR count). The Morgan fingerprint density at radius 3 is 2.38 bits per heavy atom. The van der Waals surface area contributed by atoms with E-state index in [0.717, 1.165) is 16.4 Å². The molecule has 10 heteroatoms. The summed E-state index contributed by atoms with van der Waals surface area (Å²) in [5, 5.41) is 21.1. The summed E-state index contributed by atoms with van der Waals surface area (Å²) in [4.78, 5) is 10.1. The standard InChI is InChI=1S/C16H22N2O7S/c1-17(26(22,23)13-5-3-12(4-6-13)18(20)21)14-10-11(2-7-15(14)19)16-24-8-9-25-16/h3-6,11,14-16,19H,2,7-10H2,1H3/t11-,14+,15+/m0/s1. The van der Waals surface area contributed by atoms with E-state index >= 15 is 0 Å². The first-order valence-corrected chi connectivity index (χ1v) is 9.88. The third kappa shape index (κ3) is 3.74. The Labute approximate surface area is 151 Å². The normalized spacial score (nSPS) is 27.7. The maximum Gasteiger partial charge on any atom is 0.269 e. The van der Waals surface area contributed by atoms with Crippen LogP contribution in [-0.2, 0) is 19.5 Å². The van der Waals surface area contributed by atoms with Crippen molar-refractivity contribution in [3.8, 4) is 0 Å². The number of benzene rings is 1. The van der Waals surface area contributed by atoms with Crippen LogP contribution in [0.3, 0.4) is 0 Å². The van der Waals surface area contributed by atoms with Crippen LogP contribution in [0.25, 0.3) is 0 Å². The molecule has 1 heterocycles. The minimum atomic E-state index is -3.89. The Morgan fingerprint density at radius 1 is 1.19 bits per heavy atom. The number of aliphatic hydroxyl groups excluding tert-OH is 1. The van der Waals surface area contributed by atoms with Gasteiger partial charge in [-0.25, -0.2) is 8.42 Å². The summed E-state index contributed by atoms with van der Waals surface area (Å²) >= 11 is 0. The molecule has 0 amide bonds. The maximum absolute atomic E-state index is 12.9. The Kier molecular flexibility index (Phi) is 5.58. The fourth-order valence-electron chi connectivity index (χ4n) is 3.53. The van der Waals surface area contributed by atoms with E-state index in [0.29, 0.717) is 32.5 Å². The molecule has 26 heavy (non-hydrogen) atoms. The third-order valence-electron chi connectivity index (χ3n) is 5.05. The highest BCUT2D eigenvalue weighted by Gasteiger charge is 2.41. The van der Waals surface area contributed by atoms with Crippen molar-refractivity contribution in [3.05, 3.63) is 34.4 Å². The minimum absolute atomic E-state index is 0.0143. The van der Waals surface area contributed by atoms with Gasteiger partial charge in [0.15, 0.2) is 6.29 Å². The van der Waals surface area contributed by atoms with E-state index in [1.54, 1.807) is 0 Å². The molecule has 3 atom stereocenters. The number of aliphatic hydroxyl groups is 1. The molecule has 0 unspecified atom stereocenters. The lowest BCUT2D eigenvalue weighted by Gasteiger charge is -2.39. The summed E-state index contributed by atoms with van der Waals surface area (Å²) in [6, 6.07) is 4.11. The monoisotopic (exact) mass is 386 g/mol. The second-order valence-electron chi connectivity index (χ2n) is 6.59. The first-order chi connectivity index (χ1) is 12.3. The average Bonchev–Trinajstić information content (AvgIpc) is 3.16. The van der Waals surface area contributed by atoms with Crippen molar-refractivity contribution >= 4 is 15.7 Å². The predicted molar refractivity (Wildman–Crippen MR) is 90.9 cm³/mol. The molecule has 1 saturated heterocycles. The van der Waals surface area contributed by atoms with Gasteiger partial charge in [0.25, 0.3) is 5.69 Å². The van der Waals surface area contributed by atoms with Crippen LogP contribution in [0.2, 0.25) is 0 Å². The van der Waals surface area contributed by atoms with Gasteiger partial charge in [-0.05, 0) is 31.4 Å². The summed E-state index contributed by atoms with van der Waals surface area (Å²) < 4.78 is 37.9. The number of likely N-dealkylation sites (N-methyl/N-ethyl adjacent to an activating group) is 1. The first-order valence-electron chi connectivity index (χ1n) is 8.44. The number of hydrogen-bond acceptors (Lipinski definition) is 7. The van der Waals surface area contributed by atoms with Crippen LogP contribution in [0.15, 0.2) is 29.2 Å². The molecule has 1 aromatic rings. The quantitative estimate of drug-likeness (QED) is 0.595. The zero-order valence-electron chi connectivity index (χ0n) is 14.4. The van der Waals surface area contributed by atoms with Crippen molar-refractivity contribution in [2.45, 2.75) is 42.6 Å². The molecule has 2 aliphatic rings. The van der Waals surface area contributed by atoms with Crippen LogP contribution in [0, 0.1) is 16.0 Å². The zero-order chi connectivity index (χ0) is 18.9. The van der Waals surface area contributed by atoms with Crippen molar-refractivity contribution in [1.82, 2.24) is 4.31 Å². The fraction of sp³-hybridized carbons (Fsp3) is 0.625. The van der Waals surface area contributed by atoms with Crippen molar-refractivity contribution in [3.63, 3.8) is 0 Å². The summed E-state index contributed by atoms with van der Waals surface area (Å²) in [6.07, 6.45) is 0.437. The van der Waals surface area contributed by atoms with Gasteiger partial charge in [0.05, 0.1) is 35.2 Å². The van der Waals surface area contributed by atoms with Crippen molar-refractivity contribution < 1.29 is 27.9 Å². The molecule has 9 nitrogen and oxygen atoms in total. The minimum Gasteiger partial charge on any atom is -0.391 e. The first kappa shape index (κ1) is 19.2. The molecule has 2 fully saturated rings. The highest BCUT2D eigenvalue weighted by atomic mass is 32.2. The lowest BCUT2D eigenvalue weighted by molar-refractivity contribution is -0.384.